The van der Waals surface area contributed by atoms with Crippen LogP contribution in [0.4, 0.5) is 5.69 Å². The monoisotopic (exact) mass is 519 g/mol. The summed E-state index contributed by atoms with van der Waals surface area (Å²) in [6.07, 6.45) is 1.87. The van der Waals surface area contributed by atoms with Gasteiger partial charge in [0.15, 0.2) is 0 Å². The molecule has 0 atom stereocenters. The molecule has 1 N–H and O–H groups in total. The van der Waals surface area contributed by atoms with Crippen molar-refractivity contribution in [3.63, 3.8) is 0 Å². The summed E-state index contributed by atoms with van der Waals surface area (Å²) < 4.78 is 13.2. The normalized spacial score (nSPS) is 10.8. The predicted octanol–water partition coefficient (Wildman–Crippen LogP) is 6.21. The maximum Gasteiger partial charge on any atom is 0.298 e. The Hall–Kier alpha value is -4.91. The van der Waals surface area contributed by atoms with Gasteiger partial charge >= 0.3 is 0 Å². The van der Waals surface area contributed by atoms with Crippen molar-refractivity contribution in [3.8, 4) is 22.8 Å². The van der Waals surface area contributed by atoms with Gasteiger partial charge in [0, 0.05) is 34.7 Å². The summed E-state index contributed by atoms with van der Waals surface area (Å²) in [5.41, 5.74) is 6.22. The van der Waals surface area contributed by atoms with Crippen LogP contribution < -0.4 is 14.8 Å². The molecule has 0 radical (unpaired) electrons. The van der Waals surface area contributed by atoms with Crippen LogP contribution in [0.25, 0.3) is 16.6 Å². The number of rotatable bonds is 9. The lowest BCUT2D eigenvalue weighted by molar-refractivity contribution is -0.112. The lowest BCUT2D eigenvalue weighted by atomic mass is 10.0. The highest BCUT2D eigenvalue weighted by molar-refractivity contribution is 6.47. The molecule has 2 aromatic carbocycles. The van der Waals surface area contributed by atoms with E-state index in [2.05, 4.69) is 10.3 Å². The second kappa shape index (κ2) is 11.2. The van der Waals surface area contributed by atoms with Gasteiger partial charge in [0.25, 0.3) is 11.7 Å². The molecule has 0 spiro atoms. The van der Waals surface area contributed by atoms with Crippen LogP contribution in [-0.2, 0) is 4.79 Å². The molecule has 5 rings (SSSR count). The molecule has 0 unspecified atom stereocenters. The molecule has 0 aliphatic carbocycles. The van der Waals surface area contributed by atoms with E-state index in [0.717, 1.165) is 27.9 Å². The summed E-state index contributed by atoms with van der Waals surface area (Å²) in [5, 5.41) is 2.72. The lowest BCUT2D eigenvalue weighted by Crippen LogP contribution is -2.24. The highest BCUT2D eigenvalue weighted by atomic mass is 16.5. The highest BCUT2D eigenvalue weighted by Crippen LogP contribution is 2.29. The minimum Gasteiger partial charge on any atom is -0.490 e. The molecule has 3 heterocycles. The molecule has 0 aliphatic rings. The number of hydrogen-bond acceptors (Lipinski definition) is 5. The molecule has 0 bridgehead atoms. The number of Topliss-reactive ketones (excluding diaryl/α,β-unsaturated/α-hetero) is 1. The number of benzene rings is 2. The van der Waals surface area contributed by atoms with Crippen LogP contribution in [0.2, 0.25) is 0 Å². The standard InChI is InChI=1S/C32H29N3O4/c1-21-9-12-26-19-28(24-7-5-4-6-8-24)30(35(26)20-21)31(36)32(37)34-25-10-13-27(14-11-25)38-15-16-39-29-18-22(2)17-23(3)33-29/h4-14,17-20H,15-16H2,1-3H3,(H,34,37). The fraction of sp³-hybridized carbons (Fsp3) is 0.156. The van der Waals surface area contributed by atoms with Gasteiger partial charge in [-0.2, -0.15) is 0 Å². The number of ketones is 1. The molecule has 1 amide bonds. The minimum atomic E-state index is -0.711. The van der Waals surface area contributed by atoms with Gasteiger partial charge in [-0.15, -0.1) is 0 Å². The average Bonchev–Trinajstić information content (AvgIpc) is 3.30. The molecule has 196 valence electrons. The summed E-state index contributed by atoms with van der Waals surface area (Å²) in [6.45, 7) is 6.55. The highest BCUT2D eigenvalue weighted by Gasteiger charge is 2.25. The predicted molar refractivity (Wildman–Crippen MR) is 152 cm³/mol. The van der Waals surface area contributed by atoms with E-state index >= 15 is 0 Å². The van der Waals surface area contributed by atoms with E-state index in [4.69, 9.17) is 9.47 Å². The smallest absolute Gasteiger partial charge is 0.298 e. The molecule has 0 saturated carbocycles. The van der Waals surface area contributed by atoms with Crippen molar-refractivity contribution in [2.45, 2.75) is 20.8 Å². The first-order chi connectivity index (χ1) is 18.9. The molecule has 5 aromatic rings. The summed E-state index contributed by atoms with van der Waals surface area (Å²) in [5.74, 6) is -0.135. The Balaban J connectivity index is 1.25. The molecule has 39 heavy (non-hydrogen) atoms. The van der Waals surface area contributed by atoms with Gasteiger partial charge in [0.2, 0.25) is 5.88 Å². The van der Waals surface area contributed by atoms with E-state index in [1.54, 1.807) is 28.7 Å². The van der Waals surface area contributed by atoms with Gasteiger partial charge < -0.3 is 19.2 Å². The lowest BCUT2D eigenvalue weighted by Gasteiger charge is -2.10. The van der Waals surface area contributed by atoms with Gasteiger partial charge in [0.1, 0.15) is 24.7 Å². The fourth-order valence-electron chi connectivity index (χ4n) is 4.46. The average molecular weight is 520 g/mol. The fourth-order valence-corrected chi connectivity index (χ4v) is 4.46. The SMILES string of the molecule is Cc1cc(C)nc(OCCOc2ccc(NC(=O)C(=O)c3c(-c4ccccc4)cc4ccc(C)cn34)cc2)c1. The Bertz CT molecular complexity index is 1620. The minimum absolute atomic E-state index is 0.329. The zero-order chi connectivity index (χ0) is 27.4. The first-order valence-electron chi connectivity index (χ1n) is 12.7. The Morgan fingerprint density at radius 1 is 0.821 bits per heavy atom. The van der Waals surface area contributed by atoms with Crippen molar-refractivity contribution in [3.05, 3.63) is 114 Å². The number of anilines is 1. The first-order valence-corrected chi connectivity index (χ1v) is 12.7. The largest absolute Gasteiger partial charge is 0.490 e. The Morgan fingerprint density at radius 3 is 2.31 bits per heavy atom. The van der Waals surface area contributed by atoms with Crippen molar-refractivity contribution in [1.29, 1.82) is 0 Å². The number of aromatic nitrogens is 2. The third-order valence-electron chi connectivity index (χ3n) is 6.21. The van der Waals surface area contributed by atoms with E-state index in [0.29, 0.717) is 41.8 Å². The van der Waals surface area contributed by atoms with E-state index in [-0.39, 0.29) is 0 Å². The number of pyridine rings is 2. The number of carbonyl (C=O) groups is 2. The molecule has 0 saturated heterocycles. The maximum atomic E-state index is 13.5. The van der Waals surface area contributed by atoms with Crippen LogP contribution in [0.1, 0.15) is 27.3 Å². The molecule has 7 nitrogen and oxygen atoms in total. The Kier molecular flexibility index (Phi) is 7.41. The van der Waals surface area contributed by atoms with Crippen LogP contribution in [0.3, 0.4) is 0 Å². The first kappa shape index (κ1) is 25.7. The van der Waals surface area contributed by atoms with Crippen molar-refractivity contribution in [2.75, 3.05) is 18.5 Å². The van der Waals surface area contributed by atoms with E-state index < -0.39 is 11.7 Å². The maximum absolute atomic E-state index is 13.5. The quantitative estimate of drug-likeness (QED) is 0.142. The van der Waals surface area contributed by atoms with Crippen molar-refractivity contribution in [2.24, 2.45) is 0 Å². The zero-order valence-corrected chi connectivity index (χ0v) is 22.1. The third-order valence-corrected chi connectivity index (χ3v) is 6.21. The van der Waals surface area contributed by atoms with Crippen LogP contribution in [0.5, 0.6) is 11.6 Å². The molecule has 3 aromatic heterocycles. The van der Waals surface area contributed by atoms with E-state index in [1.807, 2.05) is 87.6 Å². The van der Waals surface area contributed by atoms with Crippen LogP contribution in [0, 0.1) is 20.8 Å². The molecular formula is C32H29N3O4. The van der Waals surface area contributed by atoms with Gasteiger partial charge in [-0.25, -0.2) is 4.98 Å². The third kappa shape index (κ3) is 5.99. The topological polar surface area (TPSA) is 81.9 Å². The molecule has 0 aliphatic heterocycles. The van der Waals surface area contributed by atoms with Gasteiger partial charge in [-0.05, 0) is 79.9 Å². The number of nitrogens with zero attached hydrogens (tertiary/aromatic N) is 2. The van der Waals surface area contributed by atoms with E-state index in [9.17, 15) is 9.59 Å². The van der Waals surface area contributed by atoms with Crippen molar-refractivity contribution in [1.82, 2.24) is 9.38 Å². The van der Waals surface area contributed by atoms with Crippen LogP contribution in [0.15, 0.2) is 91.1 Å². The number of fused-ring (bicyclic) bond motifs is 1. The number of amides is 1. The summed E-state index contributed by atoms with van der Waals surface area (Å²) in [7, 11) is 0. The van der Waals surface area contributed by atoms with Crippen molar-refractivity contribution >= 4 is 22.9 Å². The van der Waals surface area contributed by atoms with Gasteiger partial charge in [0.05, 0.1) is 0 Å². The molecule has 7 heteroatoms. The zero-order valence-electron chi connectivity index (χ0n) is 22.1. The number of aryl methyl sites for hydroxylation is 3. The summed E-state index contributed by atoms with van der Waals surface area (Å²) >= 11 is 0. The second-order valence-electron chi connectivity index (χ2n) is 9.40. The Labute approximate surface area is 227 Å². The van der Waals surface area contributed by atoms with Crippen LogP contribution >= 0.6 is 0 Å². The van der Waals surface area contributed by atoms with Crippen LogP contribution in [-0.4, -0.2) is 34.3 Å². The Morgan fingerprint density at radius 2 is 1.56 bits per heavy atom. The summed E-state index contributed by atoms with van der Waals surface area (Å²) in [4.78, 5) is 30.9. The molecule has 0 fully saturated rings. The molecular weight excluding hydrogens is 490 g/mol. The number of carbonyl (C=O) groups excluding carboxylic acids is 2. The number of ether oxygens (including phenoxy) is 2. The van der Waals surface area contributed by atoms with Crippen molar-refractivity contribution < 1.29 is 19.1 Å². The van der Waals surface area contributed by atoms with Gasteiger partial charge in [-0.1, -0.05) is 36.4 Å². The second-order valence-corrected chi connectivity index (χ2v) is 9.40. The van der Waals surface area contributed by atoms with Gasteiger partial charge in [-0.3, -0.25) is 9.59 Å². The van der Waals surface area contributed by atoms with E-state index in [1.165, 1.54) is 0 Å². The number of nitrogens with one attached hydrogen (secondary N) is 1. The number of hydrogen-bond donors (Lipinski definition) is 1. The summed E-state index contributed by atoms with van der Waals surface area (Å²) in [6, 6.07) is 26.2.